The second-order valence-corrected chi connectivity index (χ2v) is 5.84. The fourth-order valence-corrected chi connectivity index (χ4v) is 2.66. The van der Waals surface area contributed by atoms with E-state index in [0.29, 0.717) is 19.5 Å². The Hall–Kier alpha value is -2.90. The van der Waals surface area contributed by atoms with E-state index in [-0.39, 0.29) is 24.1 Å². The Kier molecular flexibility index (Phi) is 5.61. The molecule has 0 radical (unpaired) electrons. The largest absolute Gasteiger partial charge is 0.438 e. The van der Waals surface area contributed by atoms with Crippen molar-refractivity contribution in [2.24, 2.45) is 0 Å². The van der Waals surface area contributed by atoms with E-state index < -0.39 is 0 Å². The van der Waals surface area contributed by atoms with E-state index >= 15 is 0 Å². The maximum Gasteiger partial charge on any atom is 0.291 e. The molecule has 2 aromatic heterocycles. The van der Waals surface area contributed by atoms with Crippen LogP contribution >= 0.6 is 0 Å². The molecule has 0 atom stereocenters. The Morgan fingerprint density at radius 3 is 2.92 bits per heavy atom. The number of oxazole rings is 1. The van der Waals surface area contributed by atoms with Gasteiger partial charge >= 0.3 is 0 Å². The van der Waals surface area contributed by atoms with Crippen molar-refractivity contribution < 1.29 is 14.0 Å². The first-order chi connectivity index (χ1) is 12.2. The van der Waals surface area contributed by atoms with Crippen LogP contribution in [0.2, 0.25) is 0 Å². The van der Waals surface area contributed by atoms with Crippen molar-refractivity contribution in [3.05, 3.63) is 42.2 Å². The molecule has 0 aromatic carbocycles. The van der Waals surface area contributed by atoms with Crippen LogP contribution in [-0.4, -0.2) is 52.9 Å². The molecule has 1 aliphatic heterocycles. The van der Waals surface area contributed by atoms with Crippen LogP contribution in [0.5, 0.6) is 0 Å². The fraction of sp³-hybridized carbons (Fsp3) is 0.412. The van der Waals surface area contributed by atoms with E-state index in [9.17, 15) is 9.59 Å². The van der Waals surface area contributed by atoms with E-state index in [2.05, 4.69) is 20.6 Å². The number of rotatable bonds is 1. The Morgan fingerprint density at radius 1 is 1.20 bits per heavy atom. The second kappa shape index (κ2) is 8.27. The number of amides is 2. The zero-order valence-electron chi connectivity index (χ0n) is 13.9. The lowest BCUT2D eigenvalue weighted by Crippen LogP contribution is -2.41. The smallest absolute Gasteiger partial charge is 0.291 e. The normalized spacial score (nSPS) is 16.5. The van der Waals surface area contributed by atoms with Crippen LogP contribution in [0.15, 0.2) is 35.2 Å². The van der Waals surface area contributed by atoms with Crippen molar-refractivity contribution >= 4 is 17.6 Å². The predicted octanol–water partition coefficient (Wildman–Crippen LogP) is 1.08. The van der Waals surface area contributed by atoms with Crippen molar-refractivity contribution in [3.8, 4) is 0 Å². The number of pyridine rings is 1. The molecule has 0 fully saturated rings. The average Bonchev–Trinajstić information content (AvgIpc) is 3.14. The van der Waals surface area contributed by atoms with Gasteiger partial charge in [0, 0.05) is 25.3 Å². The number of nitrogens with zero attached hydrogens (tertiary/aromatic N) is 3. The Balaban J connectivity index is 1.72. The number of anilines is 1. The van der Waals surface area contributed by atoms with Gasteiger partial charge in [-0.15, -0.1) is 0 Å². The van der Waals surface area contributed by atoms with E-state index in [4.69, 9.17) is 4.42 Å². The quantitative estimate of drug-likeness (QED) is 0.803. The molecule has 2 bridgehead atoms. The van der Waals surface area contributed by atoms with Crippen LogP contribution in [0, 0.1) is 0 Å². The monoisotopic (exact) mass is 343 g/mol. The number of carbonyl (C=O) groups excluding carboxylic acids is 2. The zero-order valence-corrected chi connectivity index (χ0v) is 13.9. The molecule has 3 heterocycles. The summed E-state index contributed by atoms with van der Waals surface area (Å²) in [5, 5.41) is 6.09. The molecule has 25 heavy (non-hydrogen) atoms. The van der Waals surface area contributed by atoms with Crippen LogP contribution in [0.3, 0.4) is 0 Å². The number of carbonyl (C=O) groups is 2. The number of aryl methyl sites for hydroxylation is 1. The van der Waals surface area contributed by atoms with Gasteiger partial charge < -0.3 is 20.0 Å². The molecule has 2 aromatic rings. The lowest BCUT2D eigenvalue weighted by atomic mass is 10.2. The highest BCUT2D eigenvalue weighted by molar-refractivity contribution is 5.94. The summed E-state index contributed by atoms with van der Waals surface area (Å²) in [5.41, 5.74) is 0.957. The van der Waals surface area contributed by atoms with E-state index in [1.165, 1.54) is 17.5 Å². The first-order valence-corrected chi connectivity index (χ1v) is 8.36. The molecule has 8 heteroatoms. The van der Waals surface area contributed by atoms with Gasteiger partial charge in [0.1, 0.15) is 5.82 Å². The van der Waals surface area contributed by atoms with Gasteiger partial charge in [-0.2, -0.15) is 0 Å². The summed E-state index contributed by atoms with van der Waals surface area (Å²) >= 11 is 0. The van der Waals surface area contributed by atoms with Crippen LogP contribution in [0.1, 0.15) is 29.1 Å². The first-order valence-electron chi connectivity index (χ1n) is 8.36. The number of hydrogen-bond acceptors (Lipinski definition) is 6. The Morgan fingerprint density at radius 2 is 2.08 bits per heavy atom. The van der Waals surface area contributed by atoms with Crippen LogP contribution in [-0.2, 0) is 11.2 Å². The molecular weight excluding hydrogens is 322 g/mol. The molecule has 0 saturated heterocycles. The van der Waals surface area contributed by atoms with E-state index in [1.54, 1.807) is 0 Å². The minimum Gasteiger partial charge on any atom is -0.438 e. The molecule has 2 amide bonds. The zero-order chi connectivity index (χ0) is 17.5. The van der Waals surface area contributed by atoms with Crippen LogP contribution < -0.4 is 10.6 Å². The van der Waals surface area contributed by atoms with Gasteiger partial charge in [-0.1, -0.05) is 6.07 Å². The molecule has 132 valence electrons. The van der Waals surface area contributed by atoms with Crippen molar-refractivity contribution in [2.45, 2.75) is 19.3 Å². The van der Waals surface area contributed by atoms with Gasteiger partial charge in [-0.05, 0) is 31.4 Å². The fourth-order valence-electron chi connectivity index (χ4n) is 2.66. The minimum atomic E-state index is -0.330. The van der Waals surface area contributed by atoms with Gasteiger partial charge in [0.05, 0.1) is 12.7 Å². The van der Waals surface area contributed by atoms with Gasteiger partial charge in [0.15, 0.2) is 6.39 Å². The molecule has 0 aliphatic carbocycles. The van der Waals surface area contributed by atoms with E-state index in [0.717, 1.165) is 30.9 Å². The number of hydrogen-bond donors (Lipinski definition) is 2. The third-order valence-electron chi connectivity index (χ3n) is 3.91. The van der Waals surface area contributed by atoms with Gasteiger partial charge in [-0.25, -0.2) is 9.97 Å². The summed E-state index contributed by atoms with van der Waals surface area (Å²) in [6, 6.07) is 5.86. The standard InChI is InChI=1S/C17H21N5O3/c23-16-11-22(17(24)14-10-18-12-25-14)9-2-5-13-4-1-6-15(21-13)19-7-3-8-20-16/h1,4,6,10,12H,2-3,5,7-9,11H2,(H,19,21)(H,20,23). The number of fused-ring (bicyclic) bond motifs is 2. The maximum atomic E-state index is 12.5. The summed E-state index contributed by atoms with van der Waals surface area (Å²) < 4.78 is 5.07. The Labute approximate surface area is 145 Å². The molecule has 8 nitrogen and oxygen atoms in total. The molecule has 0 spiro atoms. The van der Waals surface area contributed by atoms with Crippen molar-refractivity contribution in [3.63, 3.8) is 0 Å². The highest BCUT2D eigenvalue weighted by atomic mass is 16.3. The van der Waals surface area contributed by atoms with Crippen molar-refractivity contribution in [2.75, 3.05) is 31.5 Å². The summed E-state index contributed by atoms with van der Waals surface area (Å²) in [6.45, 7) is 1.69. The lowest BCUT2D eigenvalue weighted by molar-refractivity contribution is -0.121. The topological polar surface area (TPSA) is 100 Å². The molecule has 1 aliphatic rings. The van der Waals surface area contributed by atoms with Crippen LogP contribution in [0.4, 0.5) is 5.82 Å². The molecule has 0 saturated carbocycles. The highest BCUT2D eigenvalue weighted by Gasteiger charge is 2.21. The predicted molar refractivity (Wildman–Crippen MR) is 91.1 cm³/mol. The molecule has 2 N–H and O–H groups in total. The Bertz CT molecular complexity index is 717. The minimum absolute atomic E-state index is 0.000427. The third-order valence-corrected chi connectivity index (χ3v) is 3.91. The molecule has 0 unspecified atom stereocenters. The number of nitrogens with one attached hydrogen (secondary N) is 2. The lowest BCUT2D eigenvalue weighted by Gasteiger charge is -2.21. The number of aromatic nitrogens is 2. The average molecular weight is 343 g/mol. The second-order valence-electron chi connectivity index (χ2n) is 5.84. The summed E-state index contributed by atoms with van der Waals surface area (Å²) in [4.78, 5) is 34.4. The molecular formula is C17H21N5O3. The SMILES string of the molecule is O=C1CN(C(=O)c2cnco2)CCCc2cccc(n2)NCCCN1. The summed E-state index contributed by atoms with van der Waals surface area (Å²) in [5.74, 6) is 0.457. The maximum absolute atomic E-state index is 12.5. The van der Waals surface area contributed by atoms with Gasteiger partial charge in [0.25, 0.3) is 5.91 Å². The van der Waals surface area contributed by atoms with Crippen molar-refractivity contribution in [1.82, 2.24) is 20.2 Å². The molecule has 3 rings (SSSR count). The van der Waals surface area contributed by atoms with Crippen LogP contribution in [0.25, 0.3) is 0 Å². The third kappa shape index (κ3) is 4.79. The van der Waals surface area contributed by atoms with Crippen molar-refractivity contribution in [1.29, 1.82) is 0 Å². The summed E-state index contributed by atoms with van der Waals surface area (Å²) in [6.07, 6.45) is 4.76. The highest BCUT2D eigenvalue weighted by Crippen LogP contribution is 2.10. The van der Waals surface area contributed by atoms with Gasteiger partial charge in [-0.3, -0.25) is 9.59 Å². The summed E-state index contributed by atoms with van der Waals surface area (Å²) in [7, 11) is 0. The van der Waals surface area contributed by atoms with E-state index in [1.807, 2.05) is 18.2 Å². The first kappa shape index (κ1) is 16.9. The van der Waals surface area contributed by atoms with Gasteiger partial charge in [0.2, 0.25) is 11.7 Å².